The molecular weight excluding hydrogens is 432 g/mol. The van der Waals surface area contributed by atoms with Gasteiger partial charge in [0.25, 0.3) is 0 Å². The van der Waals surface area contributed by atoms with Gasteiger partial charge in [0.2, 0.25) is 5.91 Å². The number of pyridine rings is 1. The zero-order valence-electron chi connectivity index (χ0n) is 17.0. The van der Waals surface area contributed by atoms with Gasteiger partial charge in [-0.3, -0.25) is 9.36 Å². The van der Waals surface area contributed by atoms with Crippen LogP contribution in [0.2, 0.25) is 5.15 Å². The number of nitrogens with one attached hydrogen (secondary N) is 2. The summed E-state index contributed by atoms with van der Waals surface area (Å²) in [6, 6.07) is 10.5. The quantitative estimate of drug-likeness (QED) is 0.525. The van der Waals surface area contributed by atoms with Crippen LogP contribution in [0.25, 0.3) is 10.9 Å². The Hall–Kier alpha value is -3.59. The van der Waals surface area contributed by atoms with Crippen molar-refractivity contribution < 1.29 is 14.4 Å². The molecule has 2 bridgehead atoms. The van der Waals surface area contributed by atoms with Gasteiger partial charge in [-0.2, -0.15) is 0 Å². The van der Waals surface area contributed by atoms with Crippen LogP contribution in [-0.4, -0.2) is 44.5 Å². The van der Waals surface area contributed by atoms with Crippen LogP contribution in [0.5, 0.6) is 0 Å². The van der Waals surface area contributed by atoms with Crippen molar-refractivity contribution in [3.8, 4) is 0 Å². The van der Waals surface area contributed by atoms with Gasteiger partial charge in [0.05, 0.1) is 11.2 Å². The average Bonchev–Trinajstić information content (AvgIpc) is 3.47. The number of halogens is 1. The van der Waals surface area contributed by atoms with E-state index in [0.717, 1.165) is 19.3 Å². The smallest absolute Gasteiger partial charge is 0.323 e. The first-order valence-corrected chi connectivity index (χ1v) is 10.7. The Balaban J connectivity index is 1.41. The number of anilines is 2. The van der Waals surface area contributed by atoms with Crippen molar-refractivity contribution in [2.45, 2.75) is 31.3 Å². The molecule has 1 aliphatic heterocycles. The van der Waals surface area contributed by atoms with E-state index in [2.05, 4.69) is 15.6 Å². The molecule has 1 aromatic carbocycles. The van der Waals surface area contributed by atoms with Crippen molar-refractivity contribution in [3.63, 3.8) is 0 Å². The monoisotopic (exact) mass is 452 g/mol. The highest BCUT2D eigenvalue weighted by Gasteiger charge is 2.51. The molecule has 10 heteroatoms. The fourth-order valence-electron chi connectivity index (χ4n) is 4.94. The van der Waals surface area contributed by atoms with Crippen molar-refractivity contribution in [1.29, 1.82) is 0 Å². The molecule has 0 radical (unpaired) electrons. The van der Waals surface area contributed by atoms with Gasteiger partial charge >= 0.3 is 12.1 Å². The summed E-state index contributed by atoms with van der Waals surface area (Å²) in [4.78, 5) is 44.0. The lowest BCUT2D eigenvalue weighted by atomic mass is 9.98. The molecule has 3 unspecified atom stereocenters. The molecule has 164 valence electrons. The molecule has 1 saturated carbocycles. The van der Waals surface area contributed by atoms with E-state index < -0.39 is 12.1 Å². The fourth-order valence-corrected chi connectivity index (χ4v) is 5.10. The molecule has 4 N–H and O–H groups in total. The number of carbonyl (C=O) groups is 3. The van der Waals surface area contributed by atoms with Crippen LogP contribution in [0.4, 0.5) is 21.1 Å². The normalized spacial score (nSPS) is 21.7. The lowest BCUT2D eigenvalue weighted by molar-refractivity contribution is -0.121. The van der Waals surface area contributed by atoms with E-state index in [1.165, 1.54) is 10.8 Å². The maximum absolute atomic E-state index is 13.3. The number of nitrogens with zero attached hydrogens (tertiary/aromatic N) is 3. The number of piperidine rings is 1. The van der Waals surface area contributed by atoms with Gasteiger partial charge in [-0.1, -0.05) is 35.9 Å². The zero-order chi connectivity index (χ0) is 22.4. The van der Waals surface area contributed by atoms with Gasteiger partial charge in [-0.05, 0) is 43.4 Å². The fraction of sp³-hybridized carbons (Fsp3) is 0.273. The van der Waals surface area contributed by atoms with Crippen LogP contribution >= 0.6 is 11.6 Å². The molecule has 2 aromatic heterocycles. The van der Waals surface area contributed by atoms with E-state index >= 15 is 0 Å². The number of para-hydroxylation sites is 1. The van der Waals surface area contributed by atoms with Gasteiger partial charge in [0.15, 0.2) is 0 Å². The highest BCUT2D eigenvalue weighted by atomic mass is 35.5. The summed E-state index contributed by atoms with van der Waals surface area (Å²) in [5.41, 5.74) is 6.53. The van der Waals surface area contributed by atoms with Crippen molar-refractivity contribution in [1.82, 2.24) is 14.5 Å². The molecule has 1 aliphatic carbocycles. The van der Waals surface area contributed by atoms with Crippen molar-refractivity contribution in [2.24, 2.45) is 11.7 Å². The summed E-state index contributed by atoms with van der Waals surface area (Å²) >= 11 is 5.92. The number of rotatable bonds is 3. The number of hydrogen-bond donors (Lipinski definition) is 3. The van der Waals surface area contributed by atoms with Crippen LogP contribution in [-0.2, 0) is 4.79 Å². The maximum atomic E-state index is 13.3. The van der Waals surface area contributed by atoms with Crippen LogP contribution < -0.4 is 16.4 Å². The largest absolute Gasteiger partial charge is 0.351 e. The average molecular weight is 453 g/mol. The van der Waals surface area contributed by atoms with Gasteiger partial charge in [-0.15, -0.1) is 0 Å². The Morgan fingerprint density at radius 1 is 1.06 bits per heavy atom. The van der Waals surface area contributed by atoms with Gasteiger partial charge in [0.1, 0.15) is 17.0 Å². The molecule has 5 rings (SSSR count). The molecule has 9 nitrogen and oxygen atoms in total. The summed E-state index contributed by atoms with van der Waals surface area (Å²) < 4.78 is 1.29. The molecule has 32 heavy (non-hydrogen) atoms. The lowest BCUT2D eigenvalue weighted by Crippen LogP contribution is -2.52. The number of aromatic nitrogens is 2. The standard InChI is InChI=1S/C22H21ClN6O3/c23-17-6-3-7-18(26-17)27-20(30)19-12-8-9-13(10-12)29(19)22(32)25-15-11-28(21(24)31)16-5-2-1-4-14(15)16/h1-7,11-13,19H,8-10H2,(H2,24,31)(H,25,32)(H,26,27,30). The number of likely N-dealkylation sites (tertiary alicyclic amines) is 1. The van der Waals surface area contributed by atoms with E-state index in [0.29, 0.717) is 22.4 Å². The number of fused-ring (bicyclic) bond motifs is 3. The summed E-state index contributed by atoms with van der Waals surface area (Å²) in [6.07, 6.45) is 4.01. The Morgan fingerprint density at radius 2 is 1.88 bits per heavy atom. The molecule has 0 spiro atoms. The number of nitrogens with two attached hydrogens (primary N) is 1. The molecule has 3 aromatic rings. The van der Waals surface area contributed by atoms with Crippen LogP contribution in [0.15, 0.2) is 48.7 Å². The van der Waals surface area contributed by atoms with Gasteiger partial charge in [0, 0.05) is 17.6 Å². The summed E-state index contributed by atoms with van der Waals surface area (Å²) in [5.74, 6) is 0.133. The lowest BCUT2D eigenvalue weighted by Gasteiger charge is -2.34. The van der Waals surface area contributed by atoms with E-state index in [1.54, 1.807) is 41.3 Å². The number of amides is 4. The molecule has 4 amide bonds. The predicted molar refractivity (Wildman–Crippen MR) is 121 cm³/mol. The summed E-state index contributed by atoms with van der Waals surface area (Å²) in [5, 5.41) is 6.63. The Bertz CT molecular complexity index is 1240. The number of primary amides is 1. The van der Waals surface area contributed by atoms with Gasteiger partial charge < -0.3 is 21.3 Å². The topological polar surface area (TPSA) is 122 Å². The molecule has 3 heterocycles. The second-order valence-electron chi connectivity index (χ2n) is 8.11. The second-order valence-corrected chi connectivity index (χ2v) is 8.50. The van der Waals surface area contributed by atoms with Crippen molar-refractivity contribution in [2.75, 3.05) is 10.6 Å². The predicted octanol–water partition coefficient (Wildman–Crippen LogP) is 3.64. The zero-order valence-corrected chi connectivity index (χ0v) is 17.7. The van der Waals surface area contributed by atoms with Crippen molar-refractivity contribution in [3.05, 3.63) is 53.8 Å². The maximum Gasteiger partial charge on any atom is 0.323 e. The first kappa shape index (κ1) is 20.3. The SMILES string of the molecule is NC(=O)n1cc(NC(=O)N2C3CCC(C3)C2C(=O)Nc2cccc(Cl)n2)c2ccccc21. The Morgan fingerprint density at radius 3 is 2.66 bits per heavy atom. The minimum absolute atomic E-state index is 0.0208. The number of carbonyl (C=O) groups excluding carboxylic acids is 3. The number of hydrogen-bond acceptors (Lipinski definition) is 4. The molecule has 2 fully saturated rings. The summed E-state index contributed by atoms with van der Waals surface area (Å²) in [7, 11) is 0. The molecule has 2 aliphatic rings. The van der Waals surface area contributed by atoms with Crippen molar-refractivity contribution >= 4 is 52.0 Å². The first-order valence-electron chi connectivity index (χ1n) is 10.3. The van der Waals surface area contributed by atoms with Crippen LogP contribution in [0.1, 0.15) is 19.3 Å². The minimum Gasteiger partial charge on any atom is -0.351 e. The highest BCUT2D eigenvalue weighted by Crippen LogP contribution is 2.43. The Labute approximate surface area is 188 Å². The summed E-state index contributed by atoms with van der Waals surface area (Å²) in [6.45, 7) is 0. The van der Waals surface area contributed by atoms with Gasteiger partial charge in [-0.25, -0.2) is 14.6 Å². The van der Waals surface area contributed by atoms with E-state index in [-0.39, 0.29) is 29.1 Å². The number of urea groups is 1. The third-order valence-corrected chi connectivity index (χ3v) is 6.46. The first-order chi connectivity index (χ1) is 15.4. The highest BCUT2D eigenvalue weighted by molar-refractivity contribution is 6.29. The third-order valence-electron chi connectivity index (χ3n) is 6.25. The number of benzene rings is 1. The molecule has 3 atom stereocenters. The van der Waals surface area contributed by atoms with E-state index in [1.807, 2.05) is 6.07 Å². The third kappa shape index (κ3) is 3.44. The Kier molecular flexibility index (Phi) is 4.97. The van der Waals surface area contributed by atoms with Crippen LogP contribution in [0, 0.1) is 5.92 Å². The van der Waals surface area contributed by atoms with Crippen LogP contribution in [0.3, 0.4) is 0 Å². The van der Waals surface area contributed by atoms with E-state index in [4.69, 9.17) is 17.3 Å². The minimum atomic E-state index is -0.645. The molecule has 1 saturated heterocycles. The van der Waals surface area contributed by atoms with E-state index in [9.17, 15) is 14.4 Å². The molecular formula is C22H21ClN6O3. The second kappa shape index (κ2) is 7.83.